The van der Waals surface area contributed by atoms with Crippen LogP contribution >= 0.6 is 0 Å². The van der Waals surface area contributed by atoms with E-state index in [0.29, 0.717) is 32.2 Å². The molecule has 0 unspecified atom stereocenters. The van der Waals surface area contributed by atoms with E-state index in [2.05, 4.69) is 47.1 Å². The van der Waals surface area contributed by atoms with Crippen LogP contribution in [-0.2, 0) is 22.6 Å². The molecule has 7 nitrogen and oxygen atoms in total. The molecular formula is C25H32N4O3. The molecule has 1 aliphatic rings. The Kier molecular flexibility index (Phi) is 6.86. The average molecular weight is 437 g/mol. The van der Waals surface area contributed by atoms with Gasteiger partial charge in [-0.2, -0.15) is 0 Å². The zero-order valence-electron chi connectivity index (χ0n) is 19.4. The summed E-state index contributed by atoms with van der Waals surface area (Å²) in [4.78, 5) is 22.1. The maximum absolute atomic E-state index is 13.5. The fourth-order valence-electron chi connectivity index (χ4n) is 4.27. The van der Waals surface area contributed by atoms with Gasteiger partial charge in [-0.15, -0.1) is 0 Å². The number of morpholine rings is 1. The van der Waals surface area contributed by atoms with Crippen molar-refractivity contribution < 1.29 is 14.1 Å². The Morgan fingerprint density at radius 1 is 1.28 bits per heavy atom. The molecule has 0 N–H and O–H groups in total. The van der Waals surface area contributed by atoms with Crippen LogP contribution in [0.3, 0.4) is 0 Å². The first-order valence-corrected chi connectivity index (χ1v) is 11.3. The second-order valence-corrected chi connectivity index (χ2v) is 9.04. The summed E-state index contributed by atoms with van der Waals surface area (Å²) in [7, 11) is 0. The number of ether oxygens (including phenoxy) is 1. The summed E-state index contributed by atoms with van der Waals surface area (Å²) < 4.78 is 11.2. The average Bonchev–Trinajstić information content (AvgIpc) is 3.10. The topological polar surface area (TPSA) is 71.7 Å². The summed E-state index contributed by atoms with van der Waals surface area (Å²) in [6.45, 7) is 12.0. The summed E-state index contributed by atoms with van der Waals surface area (Å²) in [5, 5.41) is 5.14. The predicted molar refractivity (Wildman–Crippen MR) is 123 cm³/mol. The molecule has 3 aromatic rings. The Morgan fingerprint density at radius 3 is 2.88 bits per heavy atom. The SMILES string of the molecule is Cc1noc(C)c1CN1CCO[C@@H](C(=O)N(Cc2ccc3ncccc3c2)CC(C)C)C1. The van der Waals surface area contributed by atoms with Gasteiger partial charge in [-0.1, -0.05) is 31.1 Å². The molecule has 1 aromatic carbocycles. The van der Waals surface area contributed by atoms with Crippen molar-refractivity contribution in [1.29, 1.82) is 0 Å². The number of carbonyl (C=O) groups is 1. The molecule has 4 rings (SSSR count). The van der Waals surface area contributed by atoms with E-state index >= 15 is 0 Å². The highest BCUT2D eigenvalue weighted by Crippen LogP contribution is 2.20. The van der Waals surface area contributed by atoms with Crippen molar-refractivity contribution in [3.05, 3.63) is 59.1 Å². The Balaban J connectivity index is 1.47. The Bertz CT molecular complexity index is 1060. The van der Waals surface area contributed by atoms with Crippen molar-refractivity contribution >= 4 is 16.8 Å². The van der Waals surface area contributed by atoms with E-state index in [0.717, 1.165) is 46.6 Å². The number of benzene rings is 1. The van der Waals surface area contributed by atoms with Crippen LogP contribution in [-0.4, -0.2) is 58.2 Å². The van der Waals surface area contributed by atoms with E-state index in [-0.39, 0.29) is 5.91 Å². The number of amides is 1. The Hall–Kier alpha value is -2.77. The molecular weight excluding hydrogens is 404 g/mol. The summed E-state index contributed by atoms with van der Waals surface area (Å²) in [6, 6.07) is 10.2. The lowest BCUT2D eigenvalue weighted by Crippen LogP contribution is -2.51. The smallest absolute Gasteiger partial charge is 0.253 e. The molecule has 1 atom stereocenters. The number of carbonyl (C=O) groups excluding carboxylic acids is 1. The molecule has 0 aliphatic carbocycles. The number of rotatable bonds is 7. The fraction of sp³-hybridized carbons (Fsp3) is 0.480. The number of aromatic nitrogens is 2. The molecule has 7 heteroatoms. The maximum atomic E-state index is 13.5. The van der Waals surface area contributed by atoms with Gasteiger partial charge in [0.15, 0.2) is 0 Å². The van der Waals surface area contributed by atoms with E-state index in [1.165, 1.54) is 0 Å². The number of nitrogens with zero attached hydrogens (tertiary/aromatic N) is 4. The molecule has 170 valence electrons. The Morgan fingerprint density at radius 2 is 2.12 bits per heavy atom. The summed E-state index contributed by atoms with van der Waals surface area (Å²) >= 11 is 0. The number of hydrogen-bond acceptors (Lipinski definition) is 6. The van der Waals surface area contributed by atoms with E-state index in [4.69, 9.17) is 9.26 Å². The maximum Gasteiger partial charge on any atom is 0.253 e. The van der Waals surface area contributed by atoms with E-state index in [9.17, 15) is 4.79 Å². The number of aryl methyl sites for hydroxylation is 2. The molecule has 0 radical (unpaired) electrons. The van der Waals surface area contributed by atoms with Crippen LogP contribution in [0.1, 0.15) is 36.4 Å². The van der Waals surface area contributed by atoms with Crippen molar-refractivity contribution in [3.63, 3.8) is 0 Å². The molecule has 0 spiro atoms. The van der Waals surface area contributed by atoms with Crippen LogP contribution in [0.2, 0.25) is 0 Å². The van der Waals surface area contributed by atoms with Crippen LogP contribution in [0.15, 0.2) is 41.1 Å². The van der Waals surface area contributed by atoms with Crippen LogP contribution in [0, 0.1) is 19.8 Å². The first kappa shape index (κ1) is 22.4. The van der Waals surface area contributed by atoms with Gasteiger partial charge in [0, 0.05) is 49.9 Å². The van der Waals surface area contributed by atoms with Gasteiger partial charge < -0.3 is 14.2 Å². The summed E-state index contributed by atoms with van der Waals surface area (Å²) in [5.41, 5.74) is 4.07. The molecule has 2 aromatic heterocycles. The molecule has 1 fully saturated rings. The third kappa shape index (κ3) is 5.16. The first-order valence-electron chi connectivity index (χ1n) is 11.3. The van der Waals surface area contributed by atoms with Crippen LogP contribution in [0.5, 0.6) is 0 Å². The van der Waals surface area contributed by atoms with E-state index < -0.39 is 6.10 Å². The molecule has 32 heavy (non-hydrogen) atoms. The van der Waals surface area contributed by atoms with Gasteiger partial charge in [0.2, 0.25) is 0 Å². The highest BCUT2D eigenvalue weighted by Gasteiger charge is 2.31. The molecule has 0 saturated carbocycles. The first-order chi connectivity index (χ1) is 15.4. The molecule has 0 bridgehead atoms. The van der Waals surface area contributed by atoms with Gasteiger partial charge in [0.05, 0.1) is 17.8 Å². The molecule has 1 amide bonds. The second kappa shape index (κ2) is 9.79. The molecule has 1 aliphatic heterocycles. The standard InChI is InChI=1S/C25H32N4O3/c1-17(2)13-29(14-20-7-8-23-21(12-20)6-5-9-26-23)25(30)24-16-28(10-11-31-24)15-22-18(3)27-32-19(22)4/h5-9,12,17,24H,10-11,13-16H2,1-4H3/t24-/m1/s1. The van der Waals surface area contributed by atoms with Gasteiger partial charge in [0.1, 0.15) is 11.9 Å². The number of hydrogen-bond donors (Lipinski definition) is 0. The zero-order chi connectivity index (χ0) is 22.7. The van der Waals surface area contributed by atoms with Crippen molar-refractivity contribution in [2.75, 3.05) is 26.2 Å². The minimum atomic E-state index is -0.468. The third-order valence-corrected chi connectivity index (χ3v) is 5.93. The second-order valence-electron chi connectivity index (χ2n) is 9.04. The lowest BCUT2D eigenvalue weighted by molar-refractivity contribution is -0.151. The van der Waals surface area contributed by atoms with Gasteiger partial charge in [-0.25, -0.2) is 0 Å². The number of fused-ring (bicyclic) bond motifs is 1. The largest absolute Gasteiger partial charge is 0.366 e. The summed E-state index contributed by atoms with van der Waals surface area (Å²) in [6.07, 6.45) is 1.33. The normalized spacial score (nSPS) is 17.2. The molecule has 1 saturated heterocycles. The predicted octanol–water partition coefficient (Wildman–Crippen LogP) is 3.73. The van der Waals surface area contributed by atoms with Crippen LogP contribution < -0.4 is 0 Å². The highest BCUT2D eigenvalue weighted by molar-refractivity contribution is 5.82. The Labute approximate surface area is 189 Å². The van der Waals surface area contributed by atoms with Gasteiger partial charge in [-0.05, 0) is 43.5 Å². The monoisotopic (exact) mass is 436 g/mol. The van der Waals surface area contributed by atoms with Crippen LogP contribution in [0.4, 0.5) is 0 Å². The lowest BCUT2D eigenvalue weighted by Gasteiger charge is -2.35. The number of pyridine rings is 1. The fourth-order valence-corrected chi connectivity index (χ4v) is 4.27. The van der Waals surface area contributed by atoms with Crippen LogP contribution in [0.25, 0.3) is 10.9 Å². The lowest BCUT2D eigenvalue weighted by atomic mass is 10.1. The van der Waals surface area contributed by atoms with E-state index in [1.807, 2.05) is 30.9 Å². The van der Waals surface area contributed by atoms with Crippen molar-refractivity contribution in [3.8, 4) is 0 Å². The minimum Gasteiger partial charge on any atom is -0.366 e. The quantitative estimate of drug-likeness (QED) is 0.562. The summed E-state index contributed by atoms with van der Waals surface area (Å²) in [5.74, 6) is 1.25. The van der Waals surface area contributed by atoms with Gasteiger partial charge >= 0.3 is 0 Å². The highest BCUT2D eigenvalue weighted by atomic mass is 16.5. The molecule has 3 heterocycles. The van der Waals surface area contributed by atoms with Gasteiger partial charge in [0.25, 0.3) is 5.91 Å². The zero-order valence-corrected chi connectivity index (χ0v) is 19.4. The van der Waals surface area contributed by atoms with E-state index in [1.54, 1.807) is 6.20 Å². The third-order valence-electron chi connectivity index (χ3n) is 5.93. The van der Waals surface area contributed by atoms with Crippen molar-refractivity contribution in [2.45, 2.75) is 46.9 Å². The van der Waals surface area contributed by atoms with Crippen molar-refractivity contribution in [2.24, 2.45) is 5.92 Å². The minimum absolute atomic E-state index is 0.0495. The van der Waals surface area contributed by atoms with Gasteiger partial charge in [-0.3, -0.25) is 14.7 Å². The van der Waals surface area contributed by atoms with Crippen molar-refractivity contribution in [1.82, 2.24) is 19.9 Å².